The van der Waals surface area contributed by atoms with E-state index < -0.39 is 0 Å². The first-order valence-electron chi connectivity index (χ1n) is 12.9. The topological polar surface area (TPSA) is 46.5 Å². The van der Waals surface area contributed by atoms with Crippen LogP contribution in [0.3, 0.4) is 0 Å². The number of amides is 2. The van der Waals surface area contributed by atoms with Crippen molar-refractivity contribution in [3.63, 3.8) is 0 Å². The first-order chi connectivity index (χ1) is 18.1. The van der Waals surface area contributed by atoms with Crippen LogP contribution in [0, 0.1) is 5.82 Å². The number of rotatable bonds is 5. The molecule has 0 unspecified atom stereocenters. The molecule has 3 heterocycles. The van der Waals surface area contributed by atoms with Crippen molar-refractivity contribution in [2.45, 2.75) is 51.7 Å². The second kappa shape index (κ2) is 10.1. The van der Waals surface area contributed by atoms with Crippen molar-refractivity contribution < 1.29 is 13.9 Å². The van der Waals surface area contributed by atoms with Crippen LogP contribution in [0.1, 0.15) is 58.6 Å². The van der Waals surface area contributed by atoms with Crippen LogP contribution in [-0.2, 0) is 25.9 Å². The highest BCUT2D eigenvalue weighted by Crippen LogP contribution is 2.44. The van der Waals surface area contributed by atoms with Gasteiger partial charge in [-0.25, -0.2) is 9.18 Å². The largest absolute Gasteiger partial charge is 0.494 e. The van der Waals surface area contributed by atoms with E-state index in [2.05, 4.69) is 40.3 Å². The Morgan fingerprint density at radius 1 is 1.05 bits per heavy atom. The Morgan fingerprint density at radius 2 is 1.84 bits per heavy atom. The average Bonchev–Trinajstić information content (AvgIpc) is 3.51. The summed E-state index contributed by atoms with van der Waals surface area (Å²) in [5, 5.41) is 4.34. The maximum Gasteiger partial charge on any atom is 0.318 e. The predicted octanol–water partition coefficient (Wildman–Crippen LogP) is 6.77. The minimum atomic E-state index is -0.284. The molecule has 2 aromatic carbocycles. The van der Waals surface area contributed by atoms with E-state index in [0.29, 0.717) is 19.7 Å². The van der Waals surface area contributed by atoms with Crippen LogP contribution in [0.15, 0.2) is 66.9 Å². The van der Waals surface area contributed by atoms with Crippen molar-refractivity contribution in [2.75, 3.05) is 6.61 Å². The van der Waals surface area contributed by atoms with Crippen LogP contribution in [0.5, 0.6) is 5.75 Å². The number of nitrogens with one attached hydrogen (secondary N) is 1. The lowest BCUT2D eigenvalue weighted by Crippen LogP contribution is -2.41. The zero-order chi connectivity index (χ0) is 25.4. The van der Waals surface area contributed by atoms with Crippen molar-refractivity contribution in [1.82, 2.24) is 14.8 Å². The van der Waals surface area contributed by atoms with Crippen LogP contribution < -0.4 is 10.1 Å². The summed E-state index contributed by atoms with van der Waals surface area (Å²) in [6.07, 6.45) is 6.71. The van der Waals surface area contributed by atoms with Crippen molar-refractivity contribution >= 4 is 17.4 Å². The number of aryl methyl sites for hydroxylation is 1. The molecule has 0 fully saturated rings. The molecule has 0 bridgehead atoms. The van der Waals surface area contributed by atoms with E-state index in [1.165, 1.54) is 46.0 Å². The molecular weight excluding hydrogens is 485 g/mol. The van der Waals surface area contributed by atoms with Gasteiger partial charge in [-0.3, -0.25) is 0 Å². The third kappa shape index (κ3) is 4.53. The van der Waals surface area contributed by atoms with E-state index in [1.807, 2.05) is 35.3 Å². The van der Waals surface area contributed by atoms with Gasteiger partial charge in [0.05, 0.1) is 24.9 Å². The molecule has 2 aliphatic rings. The van der Waals surface area contributed by atoms with Gasteiger partial charge in [0.1, 0.15) is 16.6 Å². The van der Waals surface area contributed by atoms with E-state index in [1.54, 1.807) is 12.1 Å². The number of ether oxygens (including phenoxy) is 1. The van der Waals surface area contributed by atoms with Gasteiger partial charge in [0.15, 0.2) is 0 Å². The average molecular weight is 516 g/mol. The van der Waals surface area contributed by atoms with Gasteiger partial charge in [0.2, 0.25) is 0 Å². The summed E-state index contributed by atoms with van der Waals surface area (Å²) < 4.78 is 21.3. The summed E-state index contributed by atoms with van der Waals surface area (Å²) in [6, 6.07) is 18.1. The lowest BCUT2D eigenvalue weighted by atomic mass is 9.95. The molecule has 1 aliphatic heterocycles. The van der Waals surface area contributed by atoms with Crippen molar-refractivity contribution in [1.29, 1.82) is 0 Å². The molecule has 1 aliphatic carbocycles. The quantitative estimate of drug-likeness (QED) is 0.319. The van der Waals surface area contributed by atoms with Gasteiger partial charge in [0.25, 0.3) is 0 Å². The zero-order valence-electron chi connectivity index (χ0n) is 20.9. The molecular formula is C30H30FN3O2S. The number of carbonyl (C=O) groups is 1. The minimum absolute atomic E-state index is 0.139. The molecule has 2 aromatic heterocycles. The first-order valence-corrected chi connectivity index (χ1v) is 13.8. The van der Waals surface area contributed by atoms with Crippen molar-refractivity contribution in [3.05, 3.63) is 106 Å². The maximum absolute atomic E-state index is 13.9. The van der Waals surface area contributed by atoms with Gasteiger partial charge in [0, 0.05) is 23.2 Å². The Balaban J connectivity index is 1.41. The lowest BCUT2D eigenvalue weighted by molar-refractivity contribution is 0.180. The van der Waals surface area contributed by atoms with E-state index in [4.69, 9.17) is 4.74 Å². The van der Waals surface area contributed by atoms with Gasteiger partial charge in [-0.05, 0) is 85.7 Å². The highest BCUT2D eigenvalue weighted by atomic mass is 32.1. The van der Waals surface area contributed by atoms with E-state index >= 15 is 0 Å². The Kier molecular flexibility index (Phi) is 6.47. The number of hydrogen-bond donors (Lipinski definition) is 1. The summed E-state index contributed by atoms with van der Waals surface area (Å²) in [5.41, 5.74) is 5.65. The summed E-state index contributed by atoms with van der Waals surface area (Å²) in [6.45, 7) is 3.45. The molecule has 0 spiro atoms. The second-order valence-corrected chi connectivity index (χ2v) is 10.7. The molecule has 0 radical (unpaired) electrons. The van der Waals surface area contributed by atoms with Crippen LogP contribution in [0.4, 0.5) is 9.18 Å². The van der Waals surface area contributed by atoms with Gasteiger partial charge >= 0.3 is 6.03 Å². The van der Waals surface area contributed by atoms with Crippen LogP contribution >= 0.6 is 11.3 Å². The zero-order valence-corrected chi connectivity index (χ0v) is 21.7. The summed E-state index contributed by atoms with van der Waals surface area (Å²) in [5.74, 6) is 0.532. The molecule has 1 N–H and O–H groups in total. The van der Waals surface area contributed by atoms with Gasteiger partial charge < -0.3 is 19.5 Å². The number of hydrogen-bond acceptors (Lipinski definition) is 3. The number of carbonyl (C=O) groups excluding carboxylic acids is 1. The number of fused-ring (bicyclic) bond motifs is 5. The Bertz CT molecular complexity index is 1410. The standard InChI is InChI=1S/C30H30FN3O2S/c1-2-36-23-15-11-21(12-16-23)28-26-7-5-17-33(26)29-25(24-6-3-4-8-27(24)37-29)19-34(28)30(35)32-18-20-9-13-22(31)14-10-20/h5,7,9-17,28H,2-4,6,8,18-19H2,1H3,(H,32,35)/t28-/m0/s1. The van der Waals surface area contributed by atoms with Crippen molar-refractivity contribution in [3.8, 4) is 10.8 Å². The fourth-order valence-corrected chi connectivity index (χ4v) is 6.94. The lowest BCUT2D eigenvalue weighted by Gasteiger charge is -2.31. The summed E-state index contributed by atoms with van der Waals surface area (Å²) in [4.78, 5) is 17.3. The summed E-state index contributed by atoms with van der Waals surface area (Å²) >= 11 is 1.88. The Morgan fingerprint density at radius 3 is 2.62 bits per heavy atom. The predicted molar refractivity (Wildman–Crippen MR) is 144 cm³/mol. The number of urea groups is 1. The van der Waals surface area contributed by atoms with Crippen LogP contribution in [0.2, 0.25) is 0 Å². The van der Waals surface area contributed by atoms with Gasteiger partial charge in [-0.15, -0.1) is 11.3 Å². The highest BCUT2D eigenvalue weighted by molar-refractivity contribution is 7.15. The smallest absolute Gasteiger partial charge is 0.318 e. The fourth-order valence-electron chi connectivity index (χ4n) is 5.53. The van der Waals surface area contributed by atoms with Gasteiger partial charge in [-0.1, -0.05) is 24.3 Å². The van der Waals surface area contributed by atoms with Crippen LogP contribution in [-0.4, -0.2) is 22.1 Å². The number of benzene rings is 2. The molecule has 0 saturated carbocycles. The second-order valence-electron chi connectivity index (χ2n) is 9.62. The number of thiophene rings is 1. The Hall–Kier alpha value is -3.58. The number of nitrogens with zero attached hydrogens (tertiary/aromatic N) is 2. The molecule has 7 heteroatoms. The SMILES string of the molecule is CCOc1ccc([C@H]2c3cccn3-c3sc4c(c3CN2C(=O)NCc2ccc(F)cc2)CCCC4)cc1. The molecule has 6 rings (SSSR count). The molecule has 190 valence electrons. The minimum Gasteiger partial charge on any atom is -0.494 e. The summed E-state index contributed by atoms with van der Waals surface area (Å²) in [7, 11) is 0. The molecule has 0 saturated heterocycles. The van der Waals surface area contributed by atoms with E-state index in [-0.39, 0.29) is 17.9 Å². The van der Waals surface area contributed by atoms with Crippen LogP contribution in [0.25, 0.3) is 5.00 Å². The molecule has 2 amide bonds. The Labute approximate surface area is 220 Å². The third-order valence-corrected chi connectivity index (χ3v) is 8.64. The number of halogens is 1. The molecule has 5 nitrogen and oxygen atoms in total. The first kappa shape index (κ1) is 23.8. The van der Waals surface area contributed by atoms with Crippen molar-refractivity contribution in [2.24, 2.45) is 0 Å². The van der Waals surface area contributed by atoms with E-state index in [0.717, 1.165) is 35.4 Å². The molecule has 4 aromatic rings. The number of aromatic nitrogens is 1. The molecule has 1 atom stereocenters. The maximum atomic E-state index is 13.9. The molecule has 37 heavy (non-hydrogen) atoms. The normalized spacial score (nSPS) is 16.4. The fraction of sp³-hybridized carbons (Fsp3) is 0.300. The third-order valence-electron chi connectivity index (χ3n) is 7.30. The highest BCUT2D eigenvalue weighted by Gasteiger charge is 2.36. The monoisotopic (exact) mass is 515 g/mol. The van der Waals surface area contributed by atoms with E-state index in [9.17, 15) is 9.18 Å². The van der Waals surface area contributed by atoms with Gasteiger partial charge in [-0.2, -0.15) is 0 Å².